The first-order valence-electron chi connectivity index (χ1n) is 6.60. The number of benzene rings is 1. The van der Waals surface area contributed by atoms with Crippen LogP contribution in [0.1, 0.15) is 29.8 Å². The standard InChI is InChI=1S/C15H16BrN3O2/c1-3-12-13(10(2)20)6-11(7-14(12)16)18-15(21)8-19-5-4-17-9-19/h4-7,9H,3,8H2,1-2H3,(H,18,21). The number of rotatable bonds is 5. The van der Waals surface area contributed by atoms with Gasteiger partial charge >= 0.3 is 0 Å². The van der Waals surface area contributed by atoms with E-state index in [0.717, 1.165) is 16.5 Å². The third kappa shape index (κ3) is 3.78. The summed E-state index contributed by atoms with van der Waals surface area (Å²) < 4.78 is 2.51. The lowest BCUT2D eigenvalue weighted by molar-refractivity contribution is -0.116. The molecule has 0 saturated carbocycles. The van der Waals surface area contributed by atoms with Gasteiger partial charge in [-0.1, -0.05) is 22.9 Å². The van der Waals surface area contributed by atoms with E-state index in [2.05, 4.69) is 26.2 Å². The predicted molar refractivity (Wildman–Crippen MR) is 84.4 cm³/mol. The number of carbonyl (C=O) groups is 2. The second-order valence-electron chi connectivity index (χ2n) is 4.68. The maximum atomic E-state index is 12.0. The average Bonchev–Trinajstić information content (AvgIpc) is 2.90. The van der Waals surface area contributed by atoms with Crippen molar-refractivity contribution in [3.05, 3.63) is 46.5 Å². The Morgan fingerprint density at radius 2 is 2.14 bits per heavy atom. The Bertz CT molecular complexity index is 666. The molecule has 0 spiro atoms. The molecule has 0 saturated heterocycles. The molecule has 2 rings (SSSR count). The van der Waals surface area contributed by atoms with Gasteiger partial charge in [-0.05, 0) is 31.0 Å². The van der Waals surface area contributed by atoms with Gasteiger partial charge in [0.15, 0.2) is 5.78 Å². The van der Waals surface area contributed by atoms with Crippen LogP contribution in [-0.4, -0.2) is 21.2 Å². The van der Waals surface area contributed by atoms with Crippen molar-refractivity contribution in [2.24, 2.45) is 0 Å². The molecule has 0 fully saturated rings. The minimum Gasteiger partial charge on any atom is -0.328 e. The van der Waals surface area contributed by atoms with Crippen LogP contribution in [0.5, 0.6) is 0 Å². The van der Waals surface area contributed by atoms with E-state index in [-0.39, 0.29) is 18.2 Å². The van der Waals surface area contributed by atoms with Crippen LogP contribution in [-0.2, 0) is 17.8 Å². The fraction of sp³-hybridized carbons (Fsp3) is 0.267. The molecular weight excluding hydrogens is 334 g/mol. The number of hydrogen-bond donors (Lipinski definition) is 1. The summed E-state index contributed by atoms with van der Waals surface area (Å²) in [6.45, 7) is 3.70. The second kappa shape index (κ2) is 6.67. The quantitative estimate of drug-likeness (QED) is 0.843. The number of amides is 1. The molecule has 21 heavy (non-hydrogen) atoms. The van der Waals surface area contributed by atoms with E-state index in [9.17, 15) is 9.59 Å². The molecule has 5 nitrogen and oxygen atoms in total. The number of nitrogens with zero attached hydrogens (tertiary/aromatic N) is 2. The second-order valence-corrected chi connectivity index (χ2v) is 5.53. The SMILES string of the molecule is CCc1c(Br)cc(NC(=O)Cn2ccnc2)cc1C(C)=O. The van der Waals surface area contributed by atoms with Crippen LogP contribution in [0.4, 0.5) is 5.69 Å². The fourth-order valence-electron chi connectivity index (χ4n) is 2.13. The van der Waals surface area contributed by atoms with Crippen molar-refractivity contribution >= 4 is 33.3 Å². The van der Waals surface area contributed by atoms with Crippen LogP contribution in [0.25, 0.3) is 0 Å². The Hall–Kier alpha value is -1.95. The van der Waals surface area contributed by atoms with Crippen molar-refractivity contribution in [2.45, 2.75) is 26.8 Å². The number of halogens is 1. The van der Waals surface area contributed by atoms with Crippen LogP contribution in [0.2, 0.25) is 0 Å². The Labute approximate surface area is 131 Å². The summed E-state index contributed by atoms with van der Waals surface area (Å²) in [6.07, 6.45) is 5.67. The lowest BCUT2D eigenvalue weighted by Crippen LogP contribution is -2.18. The Morgan fingerprint density at radius 1 is 1.38 bits per heavy atom. The van der Waals surface area contributed by atoms with Gasteiger partial charge in [-0.3, -0.25) is 9.59 Å². The van der Waals surface area contributed by atoms with Crippen molar-refractivity contribution < 1.29 is 9.59 Å². The van der Waals surface area contributed by atoms with Gasteiger partial charge in [0, 0.05) is 28.1 Å². The van der Waals surface area contributed by atoms with Gasteiger partial charge in [0.2, 0.25) is 5.91 Å². The molecule has 1 amide bonds. The maximum absolute atomic E-state index is 12.0. The minimum atomic E-state index is -0.168. The molecule has 0 bridgehead atoms. The lowest BCUT2D eigenvalue weighted by Gasteiger charge is -2.12. The summed E-state index contributed by atoms with van der Waals surface area (Å²) >= 11 is 3.46. The third-order valence-corrected chi connectivity index (χ3v) is 3.80. The molecule has 0 aliphatic heterocycles. The maximum Gasteiger partial charge on any atom is 0.244 e. The summed E-state index contributed by atoms with van der Waals surface area (Å²) in [6, 6.07) is 3.54. The summed E-state index contributed by atoms with van der Waals surface area (Å²) in [5.74, 6) is -0.183. The number of hydrogen-bond acceptors (Lipinski definition) is 3. The molecule has 0 aliphatic carbocycles. The Kier molecular flexibility index (Phi) is 4.90. The number of nitrogens with one attached hydrogen (secondary N) is 1. The summed E-state index contributed by atoms with van der Waals surface area (Å²) in [7, 11) is 0. The van der Waals surface area contributed by atoms with Crippen LogP contribution in [0.3, 0.4) is 0 Å². The number of ketones is 1. The molecule has 1 aromatic heterocycles. The molecule has 1 aromatic carbocycles. The van der Waals surface area contributed by atoms with Crippen LogP contribution in [0, 0.1) is 0 Å². The number of Topliss-reactive ketones (excluding diaryl/α,β-unsaturated/α-hetero) is 1. The predicted octanol–water partition coefficient (Wildman–Crippen LogP) is 3.05. The molecule has 6 heteroatoms. The lowest BCUT2D eigenvalue weighted by atomic mass is 10.0. The van der Waals surface area contributed by atoms with E-state index in [1.54, 1.807) is 29.4 Å². The molecule has 110 valence electrons. The van der Waals surface area contributed by atoms with Crippen molar-refractivity contribution in [1.29, 1.82) is 0 Å². The van der Waals surface area contributed by atoms with Crippen molar-refractivity contribution in [2.75, 3.05) is 5.32 Å². The number of imidazole rings is 1. The highest BCUT2D eigenvalue weighted by Gasteiger charge is 2.13. The third-order valence-electron chi connectivity index (χ3n) is 3.10. The largest absolute Gasteiger partial charge is 0.328 e. The van der Waals surface area contributed by atoms with Crippen LogP contribution >= 0.6 is 15.9 Å². The topological polar surface area (TPSA) is 64.0 Å². The monoisotopic (exact) mass is 349 g/mol. The molecule has 2 aromatic rings. The number of aromatic nitrogens is 2. The van der Waals surface area contributed by atoms with Gasteiger partial charge in [0.05, 0.1) is 6.33 Å². The average molecular weight is 350 g/mol. The van der Waals surface area contributed by atoms with E-state index in [1.807, 2.05) is 13.0 Å². The summed E-state index contributed by atoms with van der Waals surface area (Å²) in [5.41, 5.74) is 2.19. The van der Waals surface area contributed by atoms with Crippen LogP contribution < -0.4 is 5.32 Å². The first-order valence-corrected chi connectivity index (χ1v) is 7.39. The van der Waals surface area contributed by atoms with Gasteiger partial charge in [0.1, 0.15) is 6.54 Å². The van der Waals surface area contributed by atoms with Crippen LogP contribution in [0.15, 0.2) is 35.3 Å². The molecular formula is C15H16BrN3O2. The minimum absolute atomic E-state index is 0.0155. The van der Waals surface area contributed by atoms with Crippen molar-refractivity contribution in [3.63, 3.8) is 0 Å². The van der Waals surface area contributed by atoms with E-state index < -0.39 is 0 Å². The summed E-state index contributed by atoms with van der Waals surface area (Å²) in [5, 5.41) is 2.80. The zero-order valence-electron chi connectivity index (χ0n) is 11.9. The first kappa shape index (κ1) is 15.4. The van der Waals surface area contributed by atoms with Gasteiger partial charge < -0.3 is 9.88 Å². The molecule has 0 aliphatic rings. The van der Waals surface area contributed by atoms with E-state index >= 15 is 0 Å². The summed E-state index contributed by atoms with van der Waals surface area (Å²) in [4.78, 5) is 27.6. The zero-order chi connectivity index (χ0) is 15.4. The highest BCUT2D eigenvalue weighted by Crippen LogP contribution is 2.27. The van der Waals surface area contributed by atoms with Crippen molar-refractivity contribution in [3.8, 4) is 0 Å². The highest BCUT2D eigenvalue weighted by atomic mass is 79.9. The smallest absolute Gasteiger partial charge is 0.244 e. The molecule has 0 radical (unpaired) electrons. The normalized spacial score (nSPS) is 10.4. The zero-order valence-corrected chi connectivity index (χ0v) is 13.5. The van der Waals surface area contributed by atoms with E-state index in [4.69, 9.17) is 0 Å². The number of anilines is 1. The van der Waals surface area contributed by atoms with Gasteiger partial charge in [-0.2, -0.15) is 0 Å². The first-order chi connectivity index (χ1) is 10.0. The highest BCUT2D eigenvalue weighted by molar-refractivity contribution is 9.10. The van der Waals surface area contributed by atoms with E-state index in [0.29, 0.717) is 11.3 Å². The Balaban J connectivity index is 2.20. The Morgan fingerprint density at radius 3 is 2.71 bits per heavy atom. The molecule has 1 heterocycles. The fourth-order valence-corrected chi connectivity index (χ4v) is 2.87. The van der Waals surface area contributed by atoms with Crippen molar-refractivity contribution in [1.82, 2.24) is 9.55 Å². The van der Waals surface area contributed by atoms with Gasteiger partial charge in [-0.25, -0.2) is 4.98 Å². The molecule has 1 N–H and O–H groups in total. The molecule has 0 unspecified atom stereocenters. The van der Waals surface area contributed by atoms with Gasteiger partial charge in [-0.15, -0.1) is 0 Å². The molecule has 0 atom stereocenters. The van der Waals surface area contributed by atoms with E-state index in [1.165, 1.54) is 6.92 Å². The number of carbonyl (C=O) groups excluding carboxylic acids is 2. The van der Waals surface area contributed by atoms with Gasteiger partial charge in [0.25, 0.3) is 0 Å².